The van der Waals surface area contributed by atoms with Gasteiger partial charge in [-0.25, -0.2) is 4.79 Å². The van der Waals surface area contributed by atoms with Crippen molar-refractivity contribution < 1.29 is 19.4 Å². The van der Waals surface area contributed by atoms with Crippen LogP contribution in [-0.4, -0.2) is 88.3 Å². The Morgan fingerprint density at radius 1 is 1.29 bits per heavy atom. The van der Waals surface area contributed by atoms with E-state index in [4.69, 9.17) is 4.74 Å². The number of urea groups is 1. The molecule has 2 aliphatic heterocycles. The molecule has 1 atom stereocenters. The SMILES string of the molecule is COCCCN1C(=O)N(Cc2ccccn2)C(=O)C12CCN([C@H](C)CO)CC2. The van der Waals surface area contributed by atoms with Crippen molar-refractivity contribution in [3.63, 3.8) is 0 Å². The summed E-state index contributed by atoms with van der Waals surface area (Å²) in [6.45, 7) is 4.65. The summed E-state index contributed by atoms with van der Waals surface area (Å²) in [6.07, 6.45) is 3.51. The van der Waals surface area contributed by atoms with Crippen molar-refractivity contribution >= 4 is 11.9 Å². The molecule has 1 N–H and O–H groups in total. The van der Waals surface area contributed by atoms with Gasteiger partial charge in [0.15, 0.2) is 0 Å². The average Bonchev–Trinajstić information content (AvgIpc) is 2.91. The van der Waals surface area contributed by atoms with E-state index in [1.54, 1.807) is 18.2 Å². The molecule has 0 aliphatic carbocycles. The van der Waals surface area contributed by atoms with Gasteiger partial charge in [-0.1, -0.05) is 6.07 Å². The van der Waals surface area contributed by atoms with Gasteiger partial charge in [-0.15, -0.1) is 0 Å². The first-order chi connectivity index (χ1) is 13.5. The lowest BCUT2D eigenvalue weighted by molar-refractivity contribution is -0.136. The Hall–Kier alpha value is -2.03. The molecule has 154 valence electrons. The molecule has 0 radical (unpaired) electrons. The molecule has 1 spiro atoms. The van der Waals surface area contributed by atoms with Gasteiger partial charge in [-0.05, 0) is 38.3 Å². The summed E-state index contributed by atoms with van der Waals surface area (Å²) in [4.78, 5) is 36.1. The van der Waals surface area contributed by atoms with Gasteiger partial charge in [0, 0.05) is 45.6 Å². The Bertz CT molecular complexity index is 676. The largest absolute Gasteiger partial charge is 0.395 e. The second kappa shape index (κ2) is 8.98. The Morgan fingerprint density at radius 3 is 2.64 bits per heavy atom. The van der Waals surface area contributed by atoms with Crippen LogP contribution in [0.1, 0.15) is 31.9 Å². The van der Waals surface area contributed by atoms with E-state index in [0.717, 1.165) is 0 Å². The predicted octanol–water partition coefficient (Wildman–Crippen LogP) is 1.10. The standard InChI is InChI=1S/C20H30N4O4/c1-16(15-25)22-11-7-20(8-12-22)18(26)23(14-17-6-3-4-9-21-17)19(27)24(20)10-5-13-28-2/h3-4,6,9,16,25H,5,7-8,10-15H2,1-2H3/t16-/m1/s1. The number of rotatable bonds is 8. The van der Waals surface area contributed by atoms with Crippen LogP contribution in [0.25, 0.3) is 0 Å². The third-order valence-corrected chi connectivity index (χ3v) is 5.91. The van der Waals surface area contributed by atoms with Crippen LogP contribution in [0.2, 0.25) is 0 Å². The van der Waals surface area contributed by atoms with Crippen LogP contribution in [0, 0.1) is 0 Å². The maximum Gasteiger partial charge on any atom is 0.328 e. The number of carbonyl (C=O) groups excluding carboxylic acids is 2. The molecule has 2 saturated heterocycles. The summed E-state index contributed by atoms with van der Waals surface area (Å²) in [5.74, 6) is -0.128. The number of hydrogen-bond acceptors (Lipinski definition) is 6. The number of imide groups is 1. The van der Waals surface area contributed by atoms with Gasteiger partial charge >= 0.3 is 6.03 Å². The summed E-state index contributed by atoms with van der Waals surface area (Å²) in [5.41, 5.74) is -0.102. The first kappa shape index (κ1) is 20.7. The zero-order chi connectivity index (χ0) is 20.1. The number of nitrogens with zero attached hydrogens (tertiary/aromatic N) is 4. The highest BCUT2D eigenvalue weighted by molar-refractivity contribution is 6.07. The van der Waals surface area contributed by atoms with Crippen molar-refractivity contribution in [3.05, 3.63) is 30.1 Å². The number of likely N-dealkylation sites (tertiary alicyclic amines) is 1. The molecule has 8 nitrogen and oxygen atoms in total. The number of piperidine rings is 1. The van der Waals surface area contributed by atoms with Crippen molar-refractivity contribution in [2.45, 2.75) is 44.3 Å². The molecule has 0 saturated carbocycles. The maximum atomic E-state index is 13.4. The number of hydrogen-bond donors (Lipinski definition) is 1. The number of amides is 3. The fraction of sp³-hybridized carbons (Fsp3) is 0.650. The molecule has 3 rings (SSSR count). The third kappa shape index (κ3) is 3.90. The van der Waals surface area contributed by atoms with Gasteiger partial charge in [0.05, 0.1) is 18.8 Å². The highest BCUT2D eigenvalue weighted by Gasteiger charge is 2.57. The Morgan fingerprint density at radius 2 is 2.04 bits per heavy atom. The molecular weight excluding hydrogens is 360 g/mol. The fourth-order valence-corrected chi connectivity index (χ4v) is 4.19. The van der Waals surface area contributed by atoms with Crippen molar-refractivity contribution in [2.24, 2.45) is 0 Å². The lowest BCUT2D eigenvalue weighted by Crippen LogP contribution is -2.58. The summed E-state index contributed by atoms with van der Waals surface area (Å²) in [6, 6.07) is 5.31. The molecule has 3 heterocycles. The minimum Gasteiger partial charge on any atom is -0.395 e. The van der Waals surface area contributed by atoms with Gasteiger partial charge in [-0.2, -0.15) is 0 Å². The predicted molar refractivity (Wildman–Crippen MR) is 103 cm³/mol. The van der Waals surface area contributed by atoms with E-state index < -0.39 is 5.54 Å². The van der Waals surface area contributed by atoms with Crippen LogP contribution in [0.5, 0.6) is 0 Å². The second-order valence-electron chi connectivity index (χ2n) is 7.59. The van der Waals surface area contributed by atoms with Crippen LogP contribution < -0.4 is 0 Å². The van der Waals surface area contributed by atoms with Crippen molar-refractivity contribution in [1.82, 2.24) is 19.7 Å². The summed E-state index contributed by atoms with van der Waals surface area (Å²) in [5, 5.41) is 9.44. The molecule has 0 unspecified atom stereocenters. The highest BCUT2D eigenvalue weighted by atomic mass is 16.5. The molecule has 28 heavy (non-hydrogen) atoms. The Labute approximate surface area is 166 Å². The number of methoxy groups -OCH3 is 1. The lowest BCUT2D eigenvalue weighted by Gasteiger charge is -2.43. The smallest absolute Gasteiger partial charge is 0.328 e. The Kier molecular flexibility index (Phi) is 6.64. The van der Waals surface area contributed by atoms with Crippen LogP contribution in [0.15, 0.2) is 24.4 Å². The van der Waals surface area contributed by atoms with Crippen molar-refractivity contribution in [1.29, 1.82) is 0 Å². The number of aromatic nitrogens is 1. The normalized spacial score (nSPS) is 21.0. The average molecular weight is 390 g/mol. The molecule has 3 amide bonds. The molecule has 0 aromatic carbocycles. The van der Waals surface area contributed by atoms with Crippen LogP contribution >= 0.6 is 0 Å². The molecule has 2 fully saturated rings. The number of pyridine rings is 1. The van der Waals surface area contributed by atoms with Gasteiger partial charge in [0.2, 0.25) is 0 Å². The van der Waals surface area contributed by atoms with Gasteiger partial charge in [-0.3, -0.25) is 19.6 Å². The fourth-order valence-electron chi connectivity index (χ4n) is 4.19. The van der Waals surface area contributed by atoms with E-state index in [0.29, 0.717) is 51.2 Å². The van der Waals surface area contributed by atoms with E-state index in [1.165, 1.54) is 4.90 Å². The van der Waals surface area contributed by atoms with Gasteiger partial charge in [0.1, 0.15) is 5.54 Å². The second-order valence-corrected chi connectivity index (χ2v) is 7.59. The number of aliphatic hydroxyl groups is 1. The zero-order valence-corrected chi connectivity index (χ0v) is 16.7. The monoisotopic (exact) mass is 390 g/mol. The third-order valence-electron chi connectivity index (χ3n) is 5.91. The minimum absolute atomic E-state index is 0.0520. The molecule has 1 aromatic rings. The summed E-state index contributed by atoms with van der Waals surface area (Å²) < 4.78 is 5.14. The van der Waals surface area contributed by atoms with E-state index in [9.17, 15) is 14.7 Å². The first-order valence-corrected chi connectivity index (χ1v) is 9.91. The van der Waals surface area contributed by atoms with Gasteiger partial charge < -0.3 is 14.7 Å². The van der Waals surface area contributed by atoms with Crippen LogP contribution in [0.4, 0.5) is 4.79 Å². The molecule has 0 bridgehead atoms. The summed E-state index contributed by atoms with van der Waals surface area (Å²) in [7, 11) is 1.63. The van der Waals surface area contributed by atoms with E-state index in [2.05, 4.69) is 9.88 Å². The molecule has 2 aliphatic rings. The van der Waals surface area contributed by atoms with E-state index in [1.807, 2.05) is 25.1 Å². The number of ether oxygens (including phenoxy) is 1. The molecule has 1 aromatic heterocycles. The van der Waals surface area contributed by atoms with E-state index >= 15 is 0 Å². The number of carbonyl (C=O) groups is 2. The first-order valence-electron chi connectivity index (χ1n) is 9.91. The van der Waals surface area contributed by atoms with E-state index in [-0.39, 0.29) is 31.1 Å². The minimum atomic E-state index is -0.800. The van der Waals surface area contributed by atoms with Crippen molar-refractivity contribution in [3.8, 4) is 0 Å². The van der Waals surface area contributed by atoms with Gasteiger partial charge in [0.25, 0.3) is 5.91 Å². The van der Waals surface area contributed by atoms with Crippen molar-refractivity contribution in [2.75, 3.05) is 40.0 Å². The topological polar surface area (TPSA) is 86.2 Å². The quantitative estimate of drug-likeness (QED) is 0.528. The Balaban J connectivity index is 1.81. The lowest BCUT2D eigenvalue weighted by atomic mass is 9.85. The number of aliphatic hydroxyl groups excluding tert-OH is 1. The highest BCUT2D eigenvalue weighted by Crippen LogP contribution is 2.38. The maximum absolute atomic E-state index is 13.4. The summed E-state index contributed by atoms with van der Waals surface area (Å²) >= 11 is 0. The zero-order valence-electron chi connectivity index (χ0n) is 16.7. The van der Waals surface area contributed by atoms with Crippen LogP contribution in [0.3, 0.4) is 0 Å². The molecule has 8 heteroatoms. The van der Waals surface area contributed by atoms with Crippen LogP contribution in [-0.2, 0) is 16.1 Å². The molecular formula is C20H30N4O4.